The monoisotopic (exact) mass is 318 g/mol. The van der Waals surface area contributed by atoms with Crippen molar-refractivity contribution in [2.45, 2.75) is 52.1 Å². The van der Waals surface area contributed by atoms with Crippen LogP contribution in [0.2, 0.25) is 0 Å². The minimum atomic E-state index is -0.494. The number of hydrogen-bond acceptors (Lipinski definition) is 3. The summed E-state index contributed by atoms with van der Waals surface area (Å²) in [6.45, 7) is 8.87. The fraction of sp³-hybridized carbons (Fsp3) is 0.556. The molecule has 1 fully saturated rings. The number of nitrogens with two attached hydrogens (primary N) is 1. The van der Waals surface area contributed by atoms with Crippen LogP contribution in [0.4, 0.5) is 4.79 Å². The van der Waals surface area contributed by atoms with Gasteiger partial charge in [-0.1, -0.05) is 11.6 Å². The second-order valence-corrected chi connectivity index (χ2v) is 7.26. The van der Waals surface area contributed by atoms with Gasteiger partial charge in [0.25, 0.3) is 0 Å². The van der Waals surface area contributed by atoms with Crippen LogP contribution in [0.5, 0.6) is 0 Å². The molecule has 2 amide bonds. The topological polar surface area (TPSA) is 72.6 Å². The maximum Gasteiger partial charge on any atom is 0.410 e. The molecule has 1 heterocycles. The first-order valence-corrected chi connectivity index (χ1v) is 8.05. The van der Waals surface area contributed by atoms with E-state index in [-0.39, 0.29) is 12.0 Å². The molecule has 23 heavy (non-hydrogen) atoms. The third-order valence-corrected chi connectivity index (χ3v) is 3.93. The molecule has 1 aliphatic heterocycles. The van der Waals surface area contributed by atoms with Gasteiger partial charge in [-0.05, 0) is 58.2 Å². The van der Waals surface area contributed by atoms with Gasteiger partial charge in [0.15, 0.2) is 0 Å². The molecule has 1 saturated heterocycles. The quantitative estimate of drug-likeness (QED) is 0.910. The summed E-state index contributed by atoms with van der Waals surface area (Å²) in [6, 6.07) is 5.70. The number of aryl methyl sites for hydroxylation is 1. The lowest BCUT2D eigenvalue weighted by molar-refractivity contribution is 0.0198. The van der Waals surface area contributed by atoms with Crippen LogP contribution >= 0.6 is 0 Å². The van der Waals surface area contributed by atoms with Crippen molar-refractivity contribution in [3.63, 3.8) is 0 Å². The number of carbonyl (C=O) groups is 2. The Morgan fingerprint density at radius 2 is 1.96 bits per heavy atom. The van der Waals surface area contributed by atoms with Gasteiger partial charge in [0.1, 0.15) is 5.60 Å². The number of piperidine rings is 1. The molecule has 0 saturated carbocycles. The van der Waals surface area contributed by atoms with Crippen LogP contribution in [0.25, 0.3) is 0 Å². The molecule has 1 aromatic carbocycles. The Hall–Kier alpha value is -2.04. The van der Waals surface area contributed by atoms with Gasteiger partial charge in [-0.2, -0.15) is 0 Å². The summed E-state index contributed by atoms with van der Waals surface area (Å²) < 4.78 is 5.46. The molecule has 1 atom stereocenters. The number of ether oxygens (including phenoxy) is 1. The fourth-order valence-corrected chi connectivity index (χ4v) is 2.93. The van der Waals surface area contributed by atoms with E-state index in [4.69, 9.17) is 10.5 Å². The van der Waals surface area contributed by atoms with Crippen LogP contribution in [0.3, 0.4) is 0 Å². The van der Waals surface area contributed by atoms with Gasteiger partial charge < -0.3 is 15.4 Å². The van der Waals surface area contributed by atoms with Crippen molar-refractivity contribution < 1.29 is 14.3 Å². The Bertz CT molecular complexity index is 605. The molecular weight excluding hydrogens is 292 g/mol. The molecule has 1 unspecified atom stereocenters. The van der Waals surface area contributed by atoms with E-state index < -0.39 is 11.5 Å². The molecule has 5 nitrogen and oxygen atoms in total. The first-order valence-electron chi connectivity index (χ1n) is 8.05. The number of benzene rings is 1. The zero-order valence-electron chi connectivity index (χ0n) is 14.4. The largest absolute Gasteiger partial charge is 0.444 e. The fourth-order valence-electron chi connectivity index (χ4n) is 2.93. The zero-order valence-corrected chi connectivity index (χ0v) is 14.4. The Labute approximate surface area is 137 Å². The average Bonchev–Trinajstić information content (AvgIpc) is 2.45. The number of amides is 2. The SMILES string of the molecule is Cc1cc(C(N)=O)cc(C2CCCN(C(=O)OC(C)(C)C)C2)c1. The molecule has 2 rings (SSSR count). The van der Waals surface area contributed by atoms with Gasteiger partial charge in [0.05, 0.1) is 0 Å². The van der Waals surface area contributed by atoms with Gasteiger partial charge in [0.2, 0.25) is 5.91 Å². The maximum absolute atomic E-state index is 12.3. The lowest BCUT2D eigenvalue weighted by atomic mass is 9.88. The summed E-state index contributed by atoms with van der Waals surface area (Å²) in [7, 11) is 0. The number of hydrogen-bond donors (Lipinski definition) is 1. The predicted octanol–water partition coefficient (Wildman–Crippen LogP) is 3.21. The van der Waals surface area contributed by atoms with Gasteiger partial charge >= 0.3 is 6.09 Å². The Kier molecular flexibility index (Phi) is 4.97. The van der Waals surface area contributed by atoms with Crippen LogP contribution in [-0.2, 0) is 4.74 Å². The van der Waals surface area contributed by atoms with Gasteiger partial charge in [0, 0.05) is 24.6 Å². The number of rotatable bonds is 2. The van der Waals surface area contributed by atoms with Gasteiger partial charge in [-0.25, -0.2) is 4.79 Å². The molecular formula is C18H26N2O3. The second kappa shape index (κ2) is 6.60. The average molecular weight is 318 g/mol. The number of primary amides is 1. The normalized spacial score (nSPS) is 18.6. The van der Waals surface area contributed by atoms with E-state index in [0.717, 1.165) is 24.0 Å². The third-order valence-electron chi connectivity index (χ3n) is 3.93. The van der Waals surface area contributed by atoms with Crippen molar-refractivity contribution in [2.75, 3.05) is 13.1 Å². The summed E-state index contributed by atoms with van der Waals surface area (Å²) in [4.78, 5) is 25.5. The smallest absolute Gasteiger partial charge is 0.410 e. The highest BCUT2D eigenvalue weighted by atomic mass is 16.6. The molecule has 0 spiro atoms. The minimum absolute atomic E-state index is 0.203. The maximum atomic E-state index is 12.3. The number of carbonyl (C=O) groups excluding carboxylic acids is 2. The first kappa shape index (κ1) is 17.3. The minimum Gasteiger partial charge on any atom is -0.444 e. The molecule has 0 aromatic heterocycles. The molecule has 1 aromatic rings. The van der Waals surface area contributed by atoms with Crippen molar-refractivity contribution in [3.05, 3.63) is 34.9 Å². The van der Waals surface area contributed by atoms with E-state index in [9.17, 15) is 9.59 Å². The van der Waals surface area contributed by atoms with Crippen LogP contribution in [0, 0.1) is 6.92 Å². The zero-order chi connectivity index (χ0) is 17.2. The van der Waals surface area contributed by atoms with E-state index in [1.54, 1.807) is 11.0 Å². The Morgan fingerprint density at radius 1 is 1.26 bits per heavy atom. The van der Waals surface area contributed by atoms with Crippen molar-refractivity contribution in [2.24, 2.45) is 5.73 Å². The summed E-state index contributed by atoms with van der Waals surface area (Å²) in [5.41, 5.74) is 7.50. The van der Waals surface area contributed by atoms with Crippen molar-refractivity contribution >= 4 is 12.0 Å². The van der Waals surface area contributed by atoms with Crippen molar-refractivity contribution in [1.82, 2.24) is 4.90 Å². The van der Waals surface area contributed by atoms with Crippen LogP contribution in [0.1, 0.15) is 61.0 Å². The molecule has 1 aliphatic rings. The summed E-state index contributed by atoms with van der Waals surface area (Å²) in [6.07, 6.45) is 1.63. The Morgan fingerprint density at radius 3 is 2.57 bits per heavy atom. The highest BCUT2D eigenvalue weighted by Gasteiger charge is 2.28. The van der Waals surface area contributed by atoms with E-state index in [2.05, 4.69) is 6.07 Å². The van der Waals surface area contributed by atoms with Crippen molar-refractivity contribution in [3.8, 4) is 0 Å². The standard InChI is InChI=1S/C18H26N2O3/c1-12-8-14(10-15(9-12)16(19)21)13-6-5-7-20(11-13)17(22)23-18(2,3)4/h8-10,13H,5-7,11H2,1-4H3,(H2,19,21). The van der Waals surface area contributed by atoms with Crippen LogP contribution in [0.15, 0.2) is 18.2 Å². The van der Waals surface area contributed by atoms with Crippen molar-refractivity contribution in [1.29, 1.82) is 0 Å². The summed E-state index contributed by atoms with van der Waals surface area (Å²) in [5, 5.41) is 0. The second-order valence-electron chi connectivity index (χ2n) is 7.26. The van der Waals surface area contributed by atoms with E-state index in [0.29, 0.717) is 18.7 Å². The highest BCUT2D eigenvalue weighted by molar-refractivity contribution is 5.93. The molecule has 0 radical (unpaired) electrons. The number of likely N-dealkylation sites (tertiary alicyclic amines) is 1. The lowest BCUT2D eigenvalue weighted by Gasteiger charge is -2.34. The molecule has 0 bridgehead atoms. The van der Waals surface area contributed by atoms with E-state index in [1.165, 1.54) is 0 Å². The molecule has 126 valence electrons. The lowest BCUT2D eigenvalue weighted by Crippen LogP contribution is -2.42. The number of nitrogens with zero attached hydrogens (tertiary/aromatic N) is 1. The van der Waals surface area contributed by atoms with Crippen LogP contribution < -0.4 is 5.73 Å². The summed E-state index contributed by atoms with van der Waals surface area (Å²) in [5.74, 6) is -0.218. The van der Waals surface area contributed by atoms with Crippen LogP contribution in [-0.4, -0.2) is 35.6 Å². The van der Waals surface area contributed by atoms with Gasteiger partial charge in [-0.15, -0.1) is 0 Å². The first-order chi connectivity index (χ1) is 10.7. The molecule has 2 N–H and O–H groups in total. The molecule has 0 aliphatic carbocycles. The summed E-state index contributed by atoms with van der Waals surface area (Å²) >= 11 is 0. The Balaban J connectivity index is 2.15. The van der Waals surface area contributed by atoms with Gasteiger partial charge in [-0.3, -0.25) is 4.79 Å². The third kappa shape index (κ3) is 4.71. The van der Waals surface area contributed by atoms with E-state index >= 15 is 0 Å². The van der Waals surface area contributed by atoms with E-state index in [1.807, 2.05) is 33.8 Å². The molecule has 5 heteroatoms. The predicted molar refractivity (Wildman–Crippen MR) is 89.5 cm³/mol. The highest BCUT2D eigenvalue weighted by Crippen LogP contribution is 2.29.